The molecule has 1 saturated carbocycles. The molecule has 5 rings (SSSR count). The first kappa shape index (κ1) is 19.3. The average molecular weight is 438 g/mol. The first-order chi connectivity index (χ1) is 14.7. The summed E-state index contributed by atoms with van der Waals surface area (Å²) in [5.41, 5.74) is 2.89. The zero-order valence-corrected chi connectivity index (χ0v) is 17.8. The lowest BCUT2D eigenvalue weighted by atomic mass is 9.90. The van der Waals surface area contributed by atoms with Gasteiger partial charge in [0.25, 0.3) is 0 Å². The van der Waals surface area contributed by atoms with E-state index in [4.69, 9.17) is 23.2 Å². The summed E-state index contributed by atoms with van der Waals surface area (Å²) >= 11 is 12.2. The third-order valence-corrected chi connectivity index (χ3v) is 6.20. The molecule has 2 aromatic carbocycles. The molecule has 0 radical (unpaired) electrons. The van der Waals surface area contributed by atoms with Crippen molar-refractivity contribution in [3.8, 4) is 0 Å². The lowest BCUT2D eigenvalue weighted by Crippen LogP contribution is -2.32. The molecule has 5 nitrogen and oxygen atoms in total. The summed E-state index contributed by atoms with van der Waals surface area (Å²) in [5.74, 6) is 0.880. The van der Waals surface area contributed by atoms with Gasteiger partial charge in [-0.3, -0.25) is 4.98 Å². The van der Waals surface area contributed by atoms with Crippen LogP contribution in [-0.4, -0.2) is 27.0 Å². The highest BCUT2D eigenvalue weighted by atomic mass is 35.5. The van der Waals surface area contributed by atoms with Crippen molar-refractivity contribution in [2.24, 2.45) is 0 Å². The number of nitrogens with zero attached hydrogens (tertiary/aromatic N) is 3. The minimum atomic E-state index is 0.393. The van der Waals surface area contributed by atoms with Crippen LogP contribution in [0.3, 0.4) is 0 Å². The number of aromatic nitrogens is 3. The fourth-order valence-corrected chi connectivity index (χ4v) is 4.52. The van der Waals surface area contributed by atoms with Crippen molar-refractivity contribution in [2.45, 2.75) is 37.8 Å². The highest BCUT2D eigenvalue weighted by Gasteiger charge is 2.22. The zero-order valence-electron chi connectivity index (χ0n) is 16.3. The molecular formula is C23H21Cl2N5. The number of pyridine rings is 1. The molecule has 1 aliphatic rings. The molecule has 2 aromatic heterocycles. The SMILES string of the molecule is Clc1ccc2c(N[C@H]3CC[C@@H](Nc4ncnc5cc(Cl)ccc45)CC3)ccnc2c1. The van der Waals surface area contributed by atoms with Gasteiger partial charge in [-0.05, 0) is 68.1 Å². The van der Waals surface area contributed by atoms with Gasteiger partial charge in [-0.15, -0.1) is 0 Å². The Morgan fingerprint density at radius 3 is 2.07 bits per heavy atom. The average Bonchev–Trinajstić information content (AvgIpc) is 2.75. The minimum Gasteiger partial charge on any atom is -0.382 e. The maximum Gasteiger partial charge on any atom is 0.137 e. The van der Waals surface area contributed by atoms with E-state index in [-0.39, 0.29) is 0 Å². The van der Waals surface area contributed by atoms with E-state index in [9.17, 15) is 0 Å². The second-order valence-electron chi connectivity index (χ2n) is 7.74. The third-order valence-electron chi connectivity index (χ3n) is 5.73. The largest absolute Gasteiger partial charge is 0.382 e. The van der Waals surface area contributed by atoms with Crippen LogP contribution in [0.4, 0.5) is 11.5 Å². The van der Waals surface area contributed by atoms with Crippen molar-refractivity contribution in [1.82, 2.24) is 15.0 Å². The minimum absolute atomic E-state index is 0.393. The number of benzene rings is 2. The van der Waals surface area contributed by atoms with Gasteiger partial charge in [0.05, 0.1) is 11.0 Å². The summed E-state index contributed by atoms with van der Waals surface area (Å²) in [6, 6.07) is 14.5. The lowest BCUT2D eigenvalue weighted by molar-refractivity contribution is 0.428. The predicted molar refractivity (Wildman–Crippen MR) is 125 cm³/mol. The molecule has 1 fully saturated rings. The van der Waals surface area contributed by atoms with Crippen LogP contribution < -0.4 is 10.6 Å². The Balaban J connectivity index is 1.25. The van der Waals surface area contributed by atoms with E-state index in [1.165, 1.54) is 0 Å². The molecule has 0 amide bonds. The standard InChI is InChI=1S/C23H21Cl2N5/c24-14-1-7-18-20(9-10-26-21(18)11-14)29-16-3-5-17(6-4-16)30-23-19-8-2-15(25)12-22(19)27-13-28-23/h1-2,7-13,16-17H,3-6H2,(H,26,29)(H,27,28,30)/t16-,17+. The Bertz CT molecular complexity index is 1110. The van der Waals surface area contributed by atoms with Gasteiger partial charge in [-0.2, -0.15) is 0 Å². The summed E-state index contributed by atoms with van der Waals surface area (Å²) in [6.07, 6.45) is 7.75. The molecule has 0 bridgehead atoms. The summed E-state index contributed by atoms with van der Waals surface area (Å²) in [7, 11) is 0. The molecular weight excluding hydrogens is 417 g/mol. The van der Waals surface area contributed by atoms with Gasteiger partial charge in [0, 0.05) is 44.8 Å². The number of fused-ring (bicyclic) bond motifs is 2. The highest BCUT2D eigenvalue weighted by Crippen LogP contribution is 2.30. The first-order valence-electron chi connectivity index (χ1n) is 10.1. The molecule has 0 saturated heterocycles. The van der Waals surface area contributed by atoms with Crippen LogP contribution in [0.2, 0.25) is 10.0 Å². The molecule has 2 heterocycles. The van der Waals surface area contributed by atoms with Gasteiger partial charge >= 0.3 is 0 Å². The Morgan fingerprint density at radius 1 is 0.700 bits per heavy atom. The van der Waals surface area contributed by atoms with Gasteiger partial charge in [-0.1, -0.05) is 23.2 Å². The maximum atomic E-state index is 6.11. The summed E-state index contributed by atoms with van der Waals surface area (Å²) in [4.78, 5) is 13.2. The Hall–Kier alpha value is -2.63. The Kier molecular flexibility index (Phi) is 5.32. The monoisotopic (exact) mass is 437 g/mol. The van der Waals surface area contributed by atoms with Crippen molar-refractivity contribution in [2.75, 3.05) is 10.6 Å². The van der Waals surface area contributed by atoms with Crippen molar-refractivity contribution in [1.29, 1.82) is 0 Å². The molecule has 2 N–H and O–H groups in total. The molecule has 0 unspecified atom stereocenters. The van der Waals surface area contributed by atoms with Crippen molar-refractivity contribution in [3.05, 3.63) is 65.0 Å². The molecule has 4 aromatic rings. The fraction of sp³-hybridized carbons (Fsp3) is 0.261. The molecule has 0 atom stereocenters. The Morgan fingerprint density at radius 2 is 1.33 bits per heavy atom. The maximum absolute atomic E-state index is 6.11. The van der Waals surface area contributed by atoms with Gasteiger partial charge < -0.3 is 10.6 Å². The Labute approximate surface area is 184 Å². The normalized spacial score (nSPS) is 19.1. The predicted octanol–water partition coefficient (Wildman–Crippen LogP) is 6.32. The van der Waals surface area contributed by atoms with Crippen LogP contribution >= 0.6 is 23.2 Å². The number of hydrogen-bond donors (Lipinski definition) is 2. The number of nitrogens with one attached hydrogen (secondary N) is 2. The van der Waals surface area contributed by atoms with Crippen LogP contribution in [0.25, 0.3) is 21.8 Å². The van der Waals surface area contributed by atoms with Crippen molar-refractivity contribution in [3.63, 3.8) is 0 Å². The summed E-state index contributed by atoms with van der Waals surface area (Å²) in [6.45, 7) is 0. The van der Waals surface area contributed by atoms with E-state index in [0.29, 0.717) is 22.1 Å². The second-order valence-corrected chi connectivity index (χ2v) is 8.61. The van der Waals surface area contributed by atoms with E-state index in [1.54, 1.807) is 6.33 Å². The van der Waals surface area contributed by atoms with Crippen LogP contribution in [0.5, 0.6) is 0 Å². The number of halogens is 2. The van der Waals surface area contributed by atoms with Gasteiger partial charge in [0.1, 0.15) is 12.1 Å². The van der Waals surface area contributed by atoms with E-state index < -0.39 is 0 Å². The topological polar surface area (TPSA) is 62.7 Å². The summed E-state index contributed by atoms with van der Waals surface area (Å²) < 4.78 is 0. The highest BCUT2D eigenvalue weighted by molar-refractivity contribution is 6.31. The van der Waals surface area contributed by atoms with Crippen molar-refractivity contribution >= 4 is 56.5 Å². The van der Waals surface area contributed by atoms with Gasteiger partial charge in [0.15, 0.2) is 0 Å². The molecule has 0 spiro atoms. The van der Waals surface area contributed by atoms with Crippen LogP contribution in [-0.2, 0) is 0 Å². The van der Waals surface area contributed by atoms with Crippen LogP contribution in [0.15, 0.2) is 55.0 Å². The zero-order chi connectivity index (χ0) is 20.5. The molecule has 152 valence electrons. The third kappa shape index (κ3) is 4.00. The van der Waals surface area contributed by atoms with E-state index in [2.05, 4.69) is 25.6 Å². The van der Waals surface area contributed by atoms with Gasteiger partial charge in [-0.25, -0.2) is 9.97 Å². The number of rotatable bonds is 4. The molecule has 30 heavy (non-hydrogen) atoms. The fourth-order valence-electron chi connectivity index (χ4n) is 4.19. The quantitative estimate of drug-likeness (QED) is 0.390. The van der Waals surface area contributed by atoms with Gasteiger partial charge in [0.2, 0.25) is 0 Å². The van der Waals surface area contributed by atoms with E-state index in [1.807, 2.05) is 48.7 Å². The molecule has 7 heteroatoms. The van der Waals surface area contributed by atoms with E-state index >= 15 is 0 Å². The lowest BCUT2D eigenvalue weighted by Gasteiger charge is -2.31. The number of hydrogen-bond acceptors (Lipinski definition) is 5. The summed E-state index contributed by atoms with van der Waals surface area (Å²) in [5, 5.41) is 10.8. The first-order valence-corrected chi connectivity index (χ1v) is 10.9. The van der Waals surface area contributed by atoms with Crippen molar-refractivity contribution < 1.29 is 0 Å². The van der Waals surface area contributed by atoms with Crippen LogP contribution in [0, 0.1) is 0 Å². The van der Waals surface area contributed by atoms with Crippen LogP contribution in [0.1, 0.15) is 25.7 Å². The number of anilines is 2. The molecule has 0 aliphatic heterocycles. The van der Waals surface area contributed by atoms with E-state index in [0.717, 1.165) is 59.0 Å². The molecule has 1 aliphatic carbocycles. The smallest absolute Gasteiger partial charge is 0.137 e. The second kappa shape index (κ2) is 8.25.